The third kappa shape index (κ3) is 3.26. The summed E-state index contributed by atoms with van der Waals surface area (Å²) in [4.78, 5) is 13.6. The van der Waals surface area contributed by atoms with Gasteiger partial charge in [-0.1, -0.05) is 12.1 Å². The summed E-state index contributed by atoms with van der Waals surface area (Å²) in [7, 11) is 0. The molecule has 0 bridgehead atoms. The molecule has 4 rings (SSSR count). The van der Waals surface area contributed by atoms with E-state index < -0.39 is 0 Å². The van der Waals surface area contributed by atoms with Gasteiger partial charge in [0.2, 0.25) is 0 Å². The van der Waals surface area contributed by atoms with Gasteiger partial charge in [0.1, 0.15) is 5.75 Å². The Morgan fingerprint density at radius 2 is 2.25 bits per heavy atom. The van der Waals surface area contributed by atoms with E-state index in [0.717, 1.165) is 44.5 Å². The van der Waals surface area contributed by atoms with Crippen LogP contribution in [0.15, 0.2) is 29.6 Å². The van der Waals surface area contributed by atoms with Crippen molar-refractivity contribution in [2.45, 2.75) is 38.1 Å². The van der Waals surface area contributed by atoms with Gasteiger partial charge in [-0.15, -0.1) is 11.3 Å². The maximum absolute atomic E-state index is 12.2. The highest BCUT2D eigenvalue weighted by Crippen LogP contribution is 2.33. The van der Waals surface area contributed by atoms with E-state index in [-0.39, 0.29) is 12.1 Å². The summed E-state index contributed by atoms with van der Waals surface area (Å²) >= 11 is 1.80. The Balaban J connectivity index is 1.27. The van der Waals surface area contributed by atoms with Crippen molar-refractivity contribution in [1.82, 2.24) is 10.6 Å². The van der Waals surface area contributed by atoms with Crippen LogP contribution in [-0.4, -0.2) is 19.2 Å². The van der Waals surface area contributed by atoms with Crippen LogP contribution in [0.25, 0.3) is 0 Å². The van der Waals surface area contributed by atoms with E-state index in [0.29, 0.717) is 6.54 Å². The van der Waals surface area contributed by atoms with Gasteiger partial charge in [-0.2, -0.15) is 0 Å². The van der Waals surface area contributed by atoms with Crippen molar-refractivity contribution in [3.05, 3.63) is 51.2 Å². The first-order valence-electron chi connectivity index (χ1n) is 8.65. The molecule has 2 heterocycles. The summed E-state index contributed by atoms with van der Waals surface area (Å²) in [6.45, 7) is 1.43. The van der Waals surface area contributed by atoms with Crippen LogP contribution in [0.3, 0.4) is 0 Å². The van der Waals surface area contributed by atoms with Gasteiger partial charge < -0.3 is 15.4 Å². The zero-order valence-electron chi connectivity index (χ0n) is 13.6. The molecule has 0 radical (unpaired) electrons. The number of aryl methyl sites for hydroxylation is 1. The van der Waals surface area contributed by atoms with E-state index in [4.69, 9.17) is 4.74 Å². The van der Waals surface area contributed by atoms with Crippen LogP contribution >= 0.6 is 11.3 Å². The molecule has 1 atom stereocenters. The number of carbonyl (C=O) groups is 1. The van der Waals surface area contributed by atoms with Crippen LogP contribution in [0.5, 0.6) is 5.75 Å². The van der Waals surface area contributed by atoms with E-state index in [2.05, 4.69) is 34.2 Å². The predicted octanol–water partition coefficient (Wildman–Crippen LogP) is 3.60. The Morgan fingerprint density at radius 1 is 1.29 bits per heavy atom. The van der Waals surface area contributed by atoms with Gasteiger partial charge in [0.15, 0.2) is 0 Å². The molecule has 0 saturated carbocycles. The van der Waals surface area contributed by atoms with E-state index in [9.17, 15) is 4.79 Å². The SMILES string of the molecule is O=C(NCCc1ccc2c(c1)CCO2)NC1CCCc2sccc21. The molecule has 1 aromatic heterocycles. The Kier molecular flexibility index (Phi) is 4.43. The number of thiophene rings is 1. The average molecular weight is 342 g/mol. The molecule has 126 valence electrons. The number of carbonyl (C=O) groups excluding carboxylic acids is 1. The fraction of sp³-hybridized carbons (Fsp3) is 0.421. The molecule has 2 aromatic rings. The minimum Gasteiger partial charge on any atom is -0.493 e. The average Bonchev–Trinajstić information content (AvgIpc) is 3.23. The van der Waals surface area contributed by atoms with Crippen LogP contribution in [-0.2, 0) is 19.3 Å². The van der Waals surface area contributed by atoms with E-state index >= 15 is 0 Å². The molecule has 2 N–H and O–H groups in total. The largest absolute Gasteiger partial charge is 0.493 e. The maximum atomic E-state index is 12.2. The quantitative estimate of drug-likeness (QED) is 0.892. The molecule has 5 heteroatoms. The number of fused-ring (bicyclic) bond motifs is 2. The minimum atomic E-state index is -0.0662. The van der Waals surface area contributed by atoms with Gasteiger partial charge in [-0.3, -0.25) is 0 Å². The lowest BCUT2D eigenvalue weighted by Gasteiger charge is -2.23. The topological polar surface area (TPSA) is 50.4 Å². The minimum absolute atomic E-state index is 0.0662. The van der Waals surface area contributed by atoms with Gasteiger partial charge in [0.25, 0.3) is 0 Å². The summed E-state index contributed by atoms with van der Waals surface area (Å²) in [6.07, 6.45) is 5.16. The van der Waals surface area contributed by atoms with Crippen LogP contribution in [0.1, 0.15) is 40.5 Å². The summed E-state index contributed by atoms with van der Waals surface area (Å²) in [5.41, 5.74) is 3.83. The molecular formula is C19H22N2O2S. The van der Waals surface area contributed by atoms with Gasteiger partial charge >= 0.3 is 6.03 Å². The molecule has 2 aliphatic rings. The Labute approximate surface area is 146 Å². The maximum Gasteiger partial charge on any atom is 0.315 e. The third-order valence-corrected chi connectivity index (χ3v) is 5.81. The number of amides is 2. The summed E-state index contributed by atoms with van der Waals surface area (Å²) in [5, 5.41) is 8.24. The normalized spacial score (nSPS) is 18.4. The second-order valence-corrected chi connectivity index (χ2v) is 7.44. The first kappa shape index (κ1) is 15.5. The predicted molar refractivity (Wildman–Crippen MR) is 95.9 cm³/mol. The molecule has 1 aliphatic carbocycles. The number of urea groups is 1. The van der Waals surface area contributed by atoms with Crippen LogP contribution in [0, 0.1) is 0 Å². The Bertz CT molecular complexity index is 741. The smallest absolute Gasteiger partial charge is 0.315 e. The van der Waals surface area contributed by atoms with Crippen molar-refractivity contribution < 1.29 is 9.53 Å². The molecule has 1 aromatic carbocycles. The molecule has 0 saturated heterocycles. The van der Waals surface area contributed by atoms with Crippen molar-refractivity contribution in [3.8, 4) is 5.75 Å². The van der Waals surface area contributed by atoms with Gasteiger partial charge in [-0.05, 0) is 59.9 Å². The number of nitrogens with one attached hydrogen (secondary N) is 2. The molecular weight excluding hydrogens is 320 g/mol. The highest BCUT2D eigenvalue weighted by Gasteiger charge is 2.22. The number of ether oxygens (including phenoxy) is 1. The lowest BCUT2D eigenvalue weighted by molar-refractivity contribution is 0.236. The van der Waals surface area contributed by atoms with Crippen molar-refractivity contribution in [2.75, 3.05) is 13.2 Å². The van der Waals surface area contributed by atoms with Crippen LogP contribution in [0.2, 0.25) is 0 Å². The number of rotatable bonds is 4. The van der Waals surface area contributed by atoms with Gasteiger partial charge in [0.05, 0.1) is 12.6 Å². The summed E-state index contributed by atoms with van der Waals surface area (Å²) in [5.74, 6) is 1.01. The molecule has 0 spiro atoms. The van der Waals surface area contributed by atoms with E-state index in [1.165, 1.54) is 21.6 Å². The van der Waals surface area contributed by atoms with Gasteiger partial charge in [0, 0.05) is 17.8 Å². The van der Waals surface area contributed by atoms with Crippen LogP contribution in [0.4, 0.5) is 4.79 Å². The molecule has 2 amide bonds. The Hall–Kier alpha value is -2.01. The van der Waals surface area contributed by atoms with Crippen molar-refractivity contribution in [2.24, 2.45) is 0 Å². The number of hydrogen-bond donors (Lipinski definition) is 2. The van der Waals surface area contributed by atoms with Gasteiger partial charge in [-0.25, -0.2) is 4.79 Å². The summed E-state index contributed by atoms with van der Waals surface area (Å²) < 4.78 is 5.52. The van der Waals surface area contributed by atoms with Crippen molar-refractivity contribution >= 4 is 17.4 Å². The monoisotopic (exact) mass is 342 g/mol. The van der Waals surface area contributed by atoms with Crippen molar-refractivity contribution in [3.63, 3.8) is 0 Å². The lowest BCUT2D eigenvalue weighted by Crippen LogP contribution is -2.39. The van der Waals surface area contributed by atoms with E-state index in [1.807, 2.05) is 6.07 Å². The van der Waals surface area contributed by atoms with E-state index in [1.54, 1.807) is 11.3 Å². The zero-order chi connectivity index (χ0) is 16.4. The molecule has 0 fully saturated rings. The molecule has 4 nitrogen and oxygen atoms in total. The second kappa shape index (κ2) is 6.85. The highest BCUT2D eigenvalue weighted by atomic mass is 32.1. The summed E-state index contributed by atoms with van der Waals surface area (Å²) in [6, 6.07) is 8.57. The first-order chi connectivity index (χ1) is 11.8. The highest BCUT2D eigenvalue weighted by molar-refractivity contribution is 7.10. The molecule has 1 unspecified atom stereocenters. The fourth-order valence-corrected chi connectivity index (χ4v) is 4.55. The second-order valence-electron chi connectivity index (χ2n) is 6.43. The Morgan fingerprint density at radius 3 is 3.21 bits per heavy atom. The number of hydrogen-bond acceptors (Lipinski definition) is 3. The first-order valence-corrected chi connectivity index (χ1v) is 9.53. The van der Waals surface area contributed by atoms with Crippen LogP contribution < -0.4 is 15.4 Å². The fourth-order valence-electron chi connectivity index (χ4n) is 3.56. The zero-order valence-corrected chi connectivity index (χ0v) is 14.5. The molecule has 1 aliphatic heterocycles. The third-order valence-electron chi connectivity index (χ3n) is 4.81. The standard InChI is InChI=1S/C19H22N2O2S/c22-19(21-16-2-1-3-18-15(16)8-11-24-18)20-9-6-13-4-5-17-14(12-13)7-10-23-17/h4-5,8,11-12,16H,1-3,6-7,9-10H2,(H2,20,21,22). The lowest BCUT2D eigenvalue weighted by atomic mass is 9.94. The number of benzene rings is 1. The van der Waals surface area contributed by atoms with Crippen molar-refractivity contribution in [1.29, 1.82) is 0 Å². The molecule has 24 heavy (non-hydrogen) atoms.